The van der Waals surface area contributed by atoms with Crippen molar-refractivity contribution >= 4 is 174 Å². The summed E-state index contributed by atoms with van der Waals surface area (Å²) in [6, 6.07) is 135. The number of furan rings is 1. The average molecular weight is 1460 g/mol. The van der Waals surface area contributed by atoms with Crippen LogP contribution >= 0.6 is 0 Å². The Hall–Kier alpha value is -15.6. The van der Waals surface area contributed by atoms with E-state index in [0.717, 1.165) is 133 Å². The Bertz CT molecular complexity index is 8510. The molecule has 0 amide bonds. The van der Waals surface area contributed by atoms with Gasteiger partial charge in [0, 0.05) is 92.9 Å². The second-order valence-corrected chi connectivity index (χ2v) is 30.1. The van der Waals surface area contributed by atoms with Gasteiger partial charge in [0.05, 0.1) is 66.4 Å². The van der Waals surface area contributed by atoms with Gasteiger partial charge in [-0.2, -0.15) is 0 Å². The molecule has 7 aromatic heterocycles. The first kappa shape index (κ1) is 63.2. The van der Waals surface area contributed by atoms with Gasteiger partial charge in [-0.05, 0) is 145 Å². The van der Waals surface area contributed by atoms with E-state index in [-0.39, 0.29) is 0 Å². The van der Waals surface area contributed by atoms with Crippen molar-refractivity contribution < 1.29 is 4.42 Å². The molecule has 0 saturated heterocycles. The van der Waals surface area contributed by atoms with Crippen molar-refractivity contribution in [1.82, 2.24) is 38.2 Å². The Morgan fingerprint density at radius 3 is 1.09 bits per heavy atom. The van der Waals surface area contributed by atoms with E-state index in [0.29, 0.717) is 5.95 Å². The number of nitrogens with zero attached hydrogens (tertiary/aromatic N) is 8. The van der Waals surface area contributed by atoms with Crippen LogP contribution in [0.1, 0.15) is 0 Å². The van der Waals surface area contributed by atoms with Gasteiger partial charge in [-0.1, -0.05) is 285 Å². The molecule has 0 fully saturated rings. The van der Waals surface area contributed by atoms with Crippen LogP contribution in [0.15, 0.2) is 381 Å². The maximum absolute atomic E-state index is 6.49. The summed E-state index contributed by atoms with van der Waals surface area (Å²) in [4.78, 5) is 22.1. The third-order valence-electron chi connectivity index (χ3n) is 24.1. The number of rotatable bonds is 8. The SMILES string of the molecule is c1ccc(-c2cc3c4c5c(cccc5n3-c3ccccc3)c3ccccc3c3cccc5c3c4c2n5-c2nc3ccccc3nc2-c2cccc3oc4ccccc4c23)cc1.c1ccc(-c2nc(-n3c4cccc5c6ccccc6c6cccc7c6c6c(c54)c3c(-c3ccccc3)cc6n7-c3ccccc3)nc3ccccc23)cc1. The van der Waals surface area contributed by atoms with Crippen molar-refractivity contribution in [3.8, 4) is 67.9 Å². The van der Waals surface area contributed by atoms with Gasteiger partial charge in [-0.25, -0.2) is 19.9 Å². The Labute approximate surface area is 656 Å². The van der Waals surface area contributed by atoms with E-state index in [1.807, 2.05) is 24.3 Å². The summed E-state index contributed by atoms with van der Waals surface area (Å²) in [5.41, 5.74) is 23.8. The molecule has 0 atom stereocenters. The molecule has 26 rings (SSSR count). The van der Waals surface area contributed by atoms with E-state index in [1.165, 1.54) is 103 Å². The molecule has 0 N–H and O–H groups in total. The molecule has 9 nitrogen and oxygen atoms in total. The molecular weight excluding hydrogens is 1400 g/mol. The lowest BCUT2D eigenvalue weighted by Crippen LogP contribution is -2.05. The zero-order valence-electron chi connectivity index (χ0n) is 61.8. The molecule has 9 heteroatoms. The number of hydrogen-bond donors (Lipinski definition) is 0. The lowest BCUT2D eigenvalue weighted by Gasteiger charge is -2.17. The van der Waals surface area contributed by atoms with Crippen LogP contribution in [0.2, 0.25) is 0 Å². The van der Waals surface area contributed by atoms with Crippen LogP contribution in [0.4, 0.5) is 0 Å². The zero-order valence-corrected chi connectivity index (χ0v) is 61.8. The standard InChI is InChI=1S/C56H32N4O.C50H30N4/c1-3-16-33(17-4-1)41-32-46-52-50-37(23-13-28-44(50)59(46)34-18-5-2-6-19-34)35-20-7-8-21-36(35)38-24-14-29-45-51(38)53(52)55(41)60(45)56-54(57-42-26-10-11-27-43(42)58-56)40-25-15-31-48-49(40)39-22-9-12-30-47(39)61-48;1-4-16-31(17-5-1)39-30-43-46-44-36(25-14-28-41(44)53(43)33-20-8-3-9-21-33)34-22-10-11-23-35(34)37-26-15-29-42-45(37)47(46)49(39)54(42)50-51-40-27-13-12-24-38(40)48(52-50)32-18-6-2-7-19-32/h1-32H;1-30H. The van der Waals surface area contributed by atoms with Gasteiger partial charge >= 0.3 is 0 Å². The molecular formula is C106H62N8O. The maximum atomic E-state index is 6.49. The molecule has 26 aromatic rings. The lowest BCUT2D eigenvalue weighted by atomic mass is 9.92. The predicted molar refractivity (Wildman–Crippen MR) is 478 cm³/mol. The van der Waals surface area contributed by atoms with Crippen molar-refractivity contribution in [2.24, 2.45) is 0 Å². The number of aromatic nitrogens is 8. The molecule has 7 heterocycles. The molecule has 0 radical (unpaired) electrons. The Kier molecular flexibility index (Phi) is 13.4. The van der Waals surface area contributed by atoms with Crippen LogP contribution in [0.3, 0.4) is 0 Å². The van der Waals surface area contributed by atoms with E-state index in [9.17, 15) is 0 Å². The minimum atomic E-state index is 0.654. The molecule has 115 heavy (non-hydrogen) atoms. The van der Waals surface area contributed by atoms with E-state index in [4.69, 9.17) is 24.4 Å². The molecule has 0 saturated carbocycles. The third-order valence-corrected chi connectivity index (χ3v) is 24.1. The molecule has 0 aliphatic carbocycles. The number of fused-ring (bicyclic) bond motifs is 11. The third kappa shape index (κ3) is 9.08. The lowest BCUT2D eigenvalue weighted by molar-refractivity contribution is 0.669. The minimum absolute atomic E-state index is 0.654. The zero-order chi connectivity index (χ0) is 75.1. The number of hydrogen-bond acceptors (Lipinski definition) is 5. The number of benzene rings is 17. The first-order valence-electron chi connectivity index (χ1n) is 39.2. The van der Waals surface area contributed by atoms with Gasteiger partial charge < -0.3 is 13.6 Å². The number of para-hydroxylation sites is 6. The van der Waals surface area contributed by atoms with Gasteiger partial charge in [0.2, 0.25) is 5.95 Å². The highest BCUT2D eigenvalue weighted by Gasteiger charge is 2.32. The summed E-state index contributed by atoms with van der Waals surface area (Å²) in [5, 5.41) is 22.6. The van der Waals surface area contributed by atoms with E-state index in [1.54, 1.807) is 0 Å². The van der Waals surface area contributed by atoms with Crippen LogP contribution in [0.25, 0.3) is 242 Å². The van der Waals surface area contributed by atoms with Gasteiger partial charge in [0.25, 0.3) is 0 Å². The van der Waals surface area contributed by atoms with Crippen LogP contribution in [0, 0.1) is 0 Å². The first-order valence-corrected chi connectivity index (χ1v) is 39.2. The molecule has 0 aliphatic heterocycles. The Balaban J connectivity index is 0.000000130. The largest absolute Gasteiger partial charge is 0.456 e. The summed E-state index contributed by atoms with van der Waals surface area (Å²) in [7, 11) is 0. The quantitative estimate of drug-likeness (QED) is 0.151. The van der Waals surface area contributed by atoms with Crippen molar-refractivity contribution in [3.05, 3.63) is 376 Å². The van der Waals surface area contributed by atoms with Gasteiger partial charge in [0.1, 0.15) is 16.9 Å². The Morgan fingerprint density at radius 2 is 0.574 bits per heavy atom. The highest BCUT2D eigenvalue weighted by Crippen LogP contribution is 2.54. The second kappa shape index (κ2) is 24.5. The Morgan fingerprint density at radius 1 is 0.200 bits per heavy atom. The minimum Gasteiger partial charge on any atom is -0.456 e. The highest BCUT2D eigenvalue weighted by molar-refractivity contribution is 6.42. The summed E-state index contributed by atoms with van der Waals surface area (Å²) in [6.45, 7) is 0. The summed E-state index contributed by atoms with van der Waals surface area (Å²) in [6.07, 6.45) is 0. The normalized spacial score (nSPS) is 12.2. The summed E-state index contributed by atoms with van der Waals surface area (Å²) in [5.74, 6) is 1.42. The smallest absolute Gasteiger partial charge is 0.235 e. The fraction of sp³-hybridized carbons (Fsp3) is 0. The molecule has 19 aromatic carbocycles. The fourth-order valence-electron chi connectivity index (χ4n) is 19.5. The van der Waals surface area contributed by atoms with Crippen molar-refractivity contribution in [1.29, 1.82) is 0 Å². The van der Waals surface area contributed by atoms with E-state index < -0.39 is 0 Å². The van der Waals surface area contributed by atoms with Crippen LogP contribution < -0.4 is 0 Å². The molecule has 532 valence electrons. The van der Waals surface area contributed by atoms with Gasteiger partial charge in [0.15, 0.2) is 5.82 Å². The first-order chi connectivity index (χ1) is 57.1. The predicted octanol–water partition coefficient (Wildman–Crippen LogP) is 27.7. The van der Waals surface area contributed by atoms with E-state index >= 15 is 0 Å². The fourth-order valence-corrected chi connectivity index (χ4v) is 19.5. The summed E-state index contributed by atoms with van der Waals surface area (Å²) < 4.78 is 16.2. The topological polar surface area (TPSA) is 84.4 Å². The van der Waals surface area contributed by atoms with Crippen LogP contribution in [-0.4, -0.2) is 38.2 Å². The van der Waals surface area contributed by atoms with Crippen molar-refractivity contribution in [3.63, 3.8) is 0 Å². The molecule has 0 bridgehead atoms. The highest BCUT2D eigenvalue weighted by atomic mass is 16.3. The van der Waals surface area contributed by atoms with Crippen LogP contribution in [-0.2, 0) is 0 Å². The van der Waals surface area contributed by atoms with Crippen LogP contribution in [0.5, 0.6) is 0 Å². The second-order valence-electron chi connectivity index (χ2n) is 30.1. The summed E-state index contributed by atoms with van der Waals surface area (Å²) >= 11 is 0. The van der Waals surface area contributed by atoms with Crippen molar-refractivity contribution in [2.75, 3.05) is 0 Å². The molecule has 0 unspecified atom stereocenters. The maximum Gasteiger partial charge on any atom is 0.235 e. The molecule has 0 aliphatic rings. The molecule has 0 spiro atoms. The monoisotopic (exact) mass is 1460 g/mol. The van der Waals surface area contributed by atoms with Gasteiger partial charge in [-0.15, -0.1) is 0 Å². The van der Waals surface area contributed by atoms with Crippen molar-refractivity contribution in [2.45, 2.75) is 0 Å². The average Bonchev–Trinajstić information content (AvgIpc) is 1.52. The van der Waals surface area contributed by atoms with E-state index in [2.05, 4.69) is 370 Å². The van der Waals surface area contributed by atoms with Gasteiger partial charge in [-0.3, -0.25) is 9.13 Å².